The molecule has 2 unspecified atom stereocenters. The number of benzene rings is 1. The molecule has 0 bridgehead atoms. The van der Waals surface area contributed by atoms with Crippen LogP contribution in [0.3, 0.4) is 0 Å². The molecule has 110 valence electrons. The molecule has 1 fully saturated rings. The number of aliphatic hydroxyl groups excluding tert-OH is 1. The normalized spacial score (nSPS) is 19.7. The van der Waals surface area contributed by atoms with Crippen molar-refractivity contribution in [3.05, 3.63) is 34.9 Å². The number of thiol groups is 1. The zero-order chi connectivity index (χ0) is 14.7. The van der Waals surface area contributed by atoms with Crippen LogP contribution < -0.4 is 0 Å². The van der Waals surface area contributed by atoms with Gasteiger partial charge >= 0.3 is 0 Å². The number of aliphatic hydroxyl groups is 1. The molecule has 1 N–H and O–H groups in total. The summed E-state index contributed by atoms with van der Waals surface area (Å²) in [5.74, 6) is -0.265. The van der Waals surface area contributed by atoms with Gasteiger partial charge in [-0.1, -0.05) is 23.7 Å². The van der Waals surface area contributed by atoms with Crippen LogP contribution in [0.2, 0.25) is 5.02 Å². The fourth-order valence-electron chi connectivity index (χ4n) is 2.31. The minimum Gasteiger partial charge on any atom is -0.378 e. The van der Waals surface area contributed by atoms with Gasteiger partial charge in [0, 0.05) is 31.2 Å². The summed E-state index contributed by atoms with van der Waals surface area (Å²) >= 11 is 10.3. The average Bonchev–Trinajstić information content (AvgIpc) is 2.46. The second kappa shape index (κ2) is 6.80. The summed E-state index contributed by atoms with van der Waals surface area (Å²) in [5.41, 5.74) is 0.535. The van der Waals surface area contributed by atoms with Crippen LogP contribution in [0.25, 0.3) is 0 Å². The Balaban J connectivity index is 1.98. The molecule has 1 aromatic carbocycles. The lowest BCUT2D eigenvalue weighted by Gasteiger charge is -2.37. The Morgan fingerprint density at radius 1 is 1.35 bits per heavy atom. The van der Waals surface area contributed by atoms with Crippen molar-refractivity contribution in [1.29, 1.82) is 0 Å². The topological polar surface area (TPSA) is 43.8 Å². The number of carbonyl (C=O) groups excluding carboxylic acids is 1. The first kappa shape index (κ1) is 15.6. The summed E-state index contributed by atoms with van der Waals surface area (Å²) in [7, 11) is 0. The first-order chi connectivity index (χ1) is 9.49. The van der Waals surface area contributed by atoms with Gasteiger partial charge in [0.05, 0.1) is 5.37 Å². The van der Waals surface area contributed by atoms with Crippen LogP contribution in [0, 0.1) is 0 Å². The molecular weight excluding hydrogens is 296 g/mol. The third-order valence-electron chi connectivity index (χ3n) is 3.55. The molecule has 0 radical (unpaired) electrons. The van der Waals surface area contributed by atoms with E-state index in [2.05, 4.69) is 17.5 Å². The Kier molecular flexibility index (Phi) is 5.32. The van der Waals surface area contributed by atoms with E-state index in [1.54, 1.807) is 29.2 Å². The highest BCUT2D eigenvalue weighted by Crippen LogP contribution is 2.20. The summed E-state index contributed by atoms with van der Waals surface area (Å²) < 4.78 is 0. The fraction of sp³-hybridized carbons (Fsp3) is 0.500. The maximum atomic E-state index is 12.3. The second-order valence-corrected chi connectivity index (χ2v) is 6.13. The van der Waals surface area contributed by atoms with Crippen LogP contribution >= 0.6 is 24.2 Å². The van der Waals surface area contributed by atoms with Gasteiger partial charge in [0.2, 0.25) is 0 Å². The molecule has 0 spiro atoms. The highest BCUT2D eigenvalue weighted by Gasteiger charge is 2.27. The minimum atomic E-state index is -1.14. The van der Waals surface area contributed by atoms with Crippen molar-refractivity contribution < 1.29 is 9.90 Å². The SMILES string of the molecule is CC(S)N1CCN(C(=O)C(O)c2cccc(Cl)c2)CC1. The largest absolute Gasteiger partial charge is 0.378 e. The first-order valence-corrected chi connectivity index (χ1v) is 7.53. The smallest absolute Gasteiger partial charge is 0.256 e. The van der Waals surface area contributed by atoms with Gasteiger partial charge in [-0.2, -0.15) is 12.6 Å². The number of halogens is 1. The number of carbonyl (C=O) groups is 1. The molecule has 6 heteroatoms. The lowest BCUT2D eigenvalue weighted by atomic mass is 10.1. The molecule has 1 aliphatic heterocycles. The van der Waals surface area contributed by atoms with Gasteiger partial charge in [-0.05, 0) is 24.6 Å². The standard InChI is InChI=1S/C14H19ClN2O2S/c1-10(20)16-5-7-17(8-6-16)14(19)13(18)11-3-2-4-12(15)9-11/h2-4,9-10,13,18,20H,5-8H2,1H3. The lowest BCUT2D eigenvalue weighted by Crippen LogP contribution is -2.51. The summed E-state index contributed by atoms with van der Waals surface area (Å²) in [6.45, 7) is 4.79. The molecule has 1 aromatic rings. The molecule has 4 nitrogen and oxygen atoms in total. The van der Waals surface area contributed by atoms with Gasteiger partial charge in [0.25, 0.3) is 5.91 Å². The van der Waals surface area contributed by atoms with Gasteiger partial charge in [-0.3, -0.25) is 9.69 Å². The number of nitrogens with zero attached hydrogens (tertiary/aromatic N) is 2. The Labute approximate surface area is 129 Å². The predicted molar refractivity (Wildman–Crippen MR) is 83.0 cm³/mol. The van der Waals surface area contributed by atoms with Crippen molar-refractivity contribution in [2.24, 2.45) is 0 Å². The zero-order valence-corrected chi connectivity index (χ0v) is 13.0. The van der Waals surface area contributed by atoms with Crippen molar-refractivity contribution in [1.82, 2.24) is 9.80 Å². The molecular formula is C14H19ClN2O2S. The maximum Gasteiger partial charge on any atom is 0.256 e. The van der Waals surface area contributed by atoms with E-state index in [-0.39, 0.29) is 11.3 Å². The van der Waals surface area contributed by atoms with Gasteiger partial charge in [0.15, 0.2) is 6.10 Å². The van der Waals surface area contributed by atoms with Crippen LogP contribution in [-0.4, -0.2) is 52.4 Å². The fourth-order valence-corrected chi connectivity index (χ4v) is 2.74. The van der Waals surface area contributed by atoms with Gasteiger partial charge in [0.1, 0.15) is 0 Å². The van der Waals surface area contributed by atoms with Crippen molar-refractivity contribution in [3.63, 3.8) is 0 Å². The van der Waals surface area contributed by atoms with Gasteiger partial charge in [-0.25, -0.2) is 0 Å². The van der Waals surface area contributed by atoms with E-state index in [0.29, 0.717) is 23.7 Å². The number of hydrogen-bond donors (Lipinski definition) is 2. The molecule has 1 aliphatic rings. The molecule has 1 heterocycles. The van der Waals surface area contributed by atoms with Crippen LogP contribution in [0.15, 0.2) is 24.3 Å². The minimum absolute atomic E-state index is 0.185. The Hall–Kier alpha value is -0.750. The van der Waals surface area contributed by atoms with E-state index < -0.39 is 6.10 Å². The van der Waals surface area contributed by atoms with Crippen molar-refractivity contribution >= 4 is 30.1 Å². The zero-order valence-electron chi connectivity index (χ0n) is 11.4. The highest BCUT2D eigenvalue weighted by molar-refractivity contribution is 7.80. The Morgan fingerprint density at radius 3 is 2.55 bits per heavy atom. The first-order valence-electron chi connectivity index (χ1n) is 6.63. The highest BCUT2D eigenvalue weighted by atomic mass is 35.5. The Bertz CT molecular complexity index is 476. The van der Waals surface area contributed by atoms with Crippen LogP contribution in [0.5, 0.6) is 0 Å². The van der Waals surface area contributed by atoms with Crippen LogP contribution in [-0.2, 0) is 4.79 Å². The van der Waals surface area contributed by atoms with Crippen LogP contribution in [0.1, 0.15) is 18.6 Å². The lowest BCUT2D eigenvalue weighted by molar-refractivity contribution is -0.142. The van der Waals surface area contributed by atoms with Crippen molar-refractivity contribution in [3.8, 4) is 0 Å². The number of rotatable bonds is 3. The van der Waals surface area contributed by atoms with Crippen LogP contribution in [0.4, 0.5) is 0 Å². The van der Waals surface area contributed by atoms with Crippen molar-refractivity contribution in [2.75, 3.05) is 26.2 Å². The molecule has 0 aliphatic carbocycles. The number of amides is 1. The number of hydrogen-bond acceptors (Lipinski definition) is 4. The van der Waals surface area contributed by atoms with E-state index >= 15 is 0 Å². The van der Waals surface area contributed by atoms with Gasteiger partial charge < -0.3 is 10.0 Å². The van der Waals surface area contributed by atoms with E-state index in [4.69, 9.17) is 11.6 Å². The maximum absolute atomic E-state index is 12.3. The van der Waals surface area contributed by atoms with E-state index in [9.17, 15) is 9.90 Å². The van der Waals surface area contributed by atoms with E-state index in [1.165, 1.54) is 0 Å². The van der Waals surface area contributed by atoms with E-state index in [1.807, 2.05) is 6.92 Å². The predicted octanol–water partition coefficient (Wildman–Crippen LogP) is 1.79. The molecule has 1 amide bonds. The summed E-state index contributed by atoms with van der Waals surface area (Å²) in [6, 6.07) is 6.78. The molecule has 2 rings (SSSR count). The Morgan fingerprint density at radius 2 is 2.00 bits per heavy atom. The third kappa shape index (κ3) is 3.67. The monoisotopic (exact) mass is 314 g/mol. The quantitative estimate of drug-likeness (QED) is 0.836. The summed E-state index contributed by atoms with van der Waals surface area (Å²) in [6.07, 6.45) is -1.14. The molecule has 20 heavy (non-hydrogen) atoms. The third-order valence-corrected chi connectivity index (χ3v) is 4.11. The summed E-state index contributed by atoms with van der Waals surface area (Å²) in [4.78, 5) is 16.2. The number of piperazine rings is 1. The molecule has 0 saturated carbocycles. The average molecular weight is 315 g/mol. The second-order valence-electron chi connectivity index (χ2n) is 4.95. The molecule has 1 saturated heterocycles. The van der Waals surface area contributed by atoms with Gasteiger partial charge in [-0.15, -0.1) is 0 Å². The molecule has 2 atom stereocenters. The van der Waals surface area contributed by atoms with Crippen molar-refractivity contribution in [2.45, 2.75) is 18.4 Å². The van der Waals surface area contributed by atoms with E-state index in [0.717, 1.165) is 13.1 Å². The molecule has 0 aromatic heterocycles. The summed E-state index contributed by atoms with van der Waals surface area (Å²) in [5, 5.41) is 10.9.